The van der Waals surface area contributed by atoms with Crippen LogP contribution < -0.4 is 15.6 Å². The summed E-state index contributed by atoms with van der Waals surface area (Å²) in [6.45, 7) is 7.49. The number of hydrogen-bond donors (Lipinski definition) is 2. The molecule has 222 valence electrons. The molecule has 0 unspecified atom stereocenters. The van der Waals surface area contributed by atoms with Gasteiger partial charge in [0.15, 0.2) is 11.2 Å². The molecule has 4 aromatic rings. The Kier molecular flexibility index (Phi) is 8.66. The topological polar surface area (TPSA) is 155 Å². The number of fused-ring (bicyclic) bond motifs is 1. The third kappa shape index (κ3) is 5.78. The molecule has 0 radical (unpaired) electrons. The lowest BCUT2D eigenvalue weighted by molar-refractivity contribution is 0.0958. The summed E-state index contributed by atoms with van der Waals surface area (Å²) >= 11 is 0. The van der Waals surface area contributed by atoms with Gasteiger partial charge in [0, 0.05) is 45.6 Å². The first-order chi connectivity index (χ1) is 20.3. The zero-order chi connectivity index (χ0) is 29.9. The molecule has 3 aromatic heterocycles. The molecule has 1 aromatic carbocycles. The number of nitrogens with zero attached hydrogens (tertiary/aromatic N) is 6. The molecular formula is C28H34N8O5S. The lowest BCUT2D eigenvalue weighted by Crippen LogP contribution is -2.48. The molecule has 1 amide bonds. The number of aromatic amines is 1. The van der Waals surface area contributed by atoms with Crippen molar-refractivity contribution >= 4 is 27.0 Å². The van der Waals surface area contributed by atoms with Crippen molar-refractivity contribution in [1.29, 1.82) is 0 Å². The molecule has 13 nitrogen and oxygen atoms in total. The molecule has 14 heteroatoms. The average Bonchev–Trinajstić information content (AvgIpc) is 3.38. The Morgan fingerprint density at radius 2 is 1.93 bits per heavy atom. The van der Waals surface area contributed by atoms with E-state index in [1.807, 2.05) is 19.9 Å². The number of likely N-dealkylation sites (N-methyl/N-ethyl adjacent to an activating group) is 1. The SMILES string of the molecule is CCCOc1ccc(S(=O)(=O)N2CCN(CC)CC2)cc1-c1nc2c(C(=O)NC)nn(Cc3cccnc3)c2c(=O)[nH]1. The number of rotatable bonds is 10. The van der Waals surface area contributed by atoms with Crippen LogP contribution in [0.4, 0.5) is 0 Å². The van der Waals surface area contributed by atoms with Gasteiger partial charge in [-0.25, -0.2) is 13.4 Å². The summed E-state index contributed by atoms with van der Waals surface area (Å²) in [4.78, 5) is 40.1. The van der Waals surface area contributed by atoms with Gasteiger partial charge in [-0.3, -0.25) is 19.3 Å². The van der Waals surface area contributed by atoms with E-state index < -0.39 is 21.5 Å². The van der Waals surface area contributed by atoms with Gasteiger partial charge in [0.2, 0.25) is 10.0 Å². The van der Waals surface area contributed by atoms with Crippen molar-refractivity contribution in [3.63, 3.8) is 0 Å². The number of amides is 1. The number of piperazine rings is 1. The summed E-state index contributed by atoms with van der Waals surface area (Å²) in [6, 6.07) is 8.16. The number of H-pyrrole nitrogens is 1. The summed E-state index contributed by atoms with van der Waals surface area (Å²) in [5.74, 6) is -0.0881. The second kappa shape index (κ2) is 12.4. The van der Waals surface area contributed by atoms with E-state index in [1.54, 1.807) is 24.5 Å². The van der Waals surface area contributed by atoms with Gasteiger partial charge in [-0.05, 0) is 42.8 Å². The molecule has 1 fully saturated rings. The highest BCUT2D eigenvalue weighted by Gasteiger charge is 2.30. The van der Waals surface area contributed by atoms with Gasteiger partial charge in [-0.15, -0.1) is 0 Å². The van der Waals surface area contributed by atoms with E-state index in [4.69, 9.17) is 4.74 Å². The van der Waals surface area contributed by atoms with Crippen molar-refractivity contribution in [3.8, 4) is 17.1 Å². The second-order valence-electron chi connectivity index (χ2n) is 9.90. The van der Waals surface area contributed by atoms with Crippen LogP contribution in [0.1, 0.15) is 36.3 Å². The van der Waals surface area contributed by atoms with Crippen molar-refractivity contribution in [3.05, 3.63) is 64.3 Å². The molecule has 2 N–H and O–H groups in total. The highest BCUT2D eigenvalue weighted by atomic mass is 32.2. The Bertz CT molecular complexity index is 1750. The van der Waals surface area contributed by atoms with Gasteiger partial charge >= 0.3 is 0 Å². The smallest absolute Gasteiger partial charge is 0.277 e. The Labute approximate surface area is 243 Å². The summed E-state index contributed by atoms with van der Waals surface area (Å²) in [5, 5.41) is 6.96. The zero-order valence-electron chi connectivity index (χ0n) is 23.8. The van der Waals surface area contributed by atoms with Gasteiger partial charge in [0.25, 0.3) is 11.5 Å². The van der Waals surface area contributed by atoms with Crippen LogP contribution in [0.5, 0.6) is 5.75 Å². The Hall–Kier alpha value is -4.14. The minimum atomic E-state index is -3.83. The van der Waals surface area contributed by atoms with Crippen molar-refractivity contribution < 1.29 is 17.9 Å². The van der Waals surface area contributed by atoms with E-state index in [2.05, 4.69) is 30.3 Å². The Morgan fingerprint density at radius 3 is 2.60 bits per heavy atom. The molecule has 5 rings (SSSR count). The first-order valence-electron chi connectivity index (χ1n) is 13.9. The van der Waals surface area contributed by atoms with Crippen LogP contribution >= 0.6 is 0 Å². The third-order valence-corrected chi connectivity index (χ3v) is 9.07. The first kappa shape index (κ1) is 29.4. The predicted octanol–water partition coefficient (Wildman–Crippen LogP) is 1.70. The minimum Gasteiger partial charge on any atom is -0.493 e. The monoisotopic (exact) mass is 594 g/mol. The number of sulfonamides is 1. The van der Waals surface area contributed by atoms with E-state index >= 15 is 0 Å². The zero-order valence-corrected chi connectivity index (χ0v) is 24.6. The summed E-state index contributed by atoms with van der Waals surface area (Å²) < 4.78 is 36.1. The van der Waals surface area contributed by atoms with E-state index in [1.165, 1.54) is 28.2 Å². The van der Waals surface area contributed by atoms with Gasteiger partial charge < -0.3 is 19.9 Å². The highest BCUT2D eigenvalue weighted by molar-refractivity contribution is 7.89. The number of pyridine rings is 1. The fourth-order valence-electron chi connectivity index (χ4n) is 4.90. The van der Waals surface area contributed by atoms with Gasteiger partial charge in [0.05, 0.1) is 23.6 Å². The van der Waals surface area contributed by atoms with Crippen LogP contribution in [0.2, 0.25) is 0 Å². The lowest BCUT2D eigenvalue weighted by atomic mass is 10.1. The second-order valence-corrected chi connectivity index (χ2v) is 11.8. The normalized spacial score (nSPS) is 14.7. The number of carbonyl (C=O) groups is 1. The largest absolute Gasteiger partial charge is 0.493 e. The number of aromatic nitrogens is 5. The van der Waals surface area contributed by atoms with Crippen LogP contribution in [0.25, 0.3) is 22.4 Å². The number of hydrogen-bond acceptors (Lipinski definition) is 9. The Morgan fingerprint density at radius 1 is 1.14 bits per heavy atom. The van der Waals surface area contributed by atoms with Crippen molar-refractivity contribution in [2.24, 2.45) is 0 Å². The molecule has 42 heavy (non-hydrogen) atoms. The van der Waals surface area contributed by atoms with Gasteiger partial charge in [-0.1, -0.05) is 19.9 Å². The number of nitrogens with one attached hydrogen (secondary N) is 2. The minimum absolute atomic E-state index is 0.0302. The van der Waals surface area contributed by atoms with Crippen molar-refractivity contribution in [2.75, 3.05) is 46.4 Å². The summed E-state index contributed by atoms with van der Waals surface area (Å²) in [5.41, 5.74) is 0.696. The quantitative estimate of drug-likeness (QED) is 0.279. The Balaban J connectivity index is 1.63. The molecule has 1 aliphatic rings. The maximum absolute atomic E-state index is 13.6. The standard InChI is InChI=1S/C28H34N8O5S/c1-4-15-41-22-9-8-20(42(39,40)35-13-11-34(5-2)12-14-35)16-21(22)26-31-23-24(27(37)29-3)33-36(25(23)28(38)32-26)18-19-7-6-10-30-17-19/h6-10,16-17H,4-5,11-15,18H2,1-3H3,(H,29,37)(H,31,32,38). The van der Waals surface area contributed by atoms with Gasteiger partial charge in [-0.2, -0.15) is 9.40 Å². The predicted molar refractivity (Wildman–Crippen MR) is 157 cm³/mol. The van der Waals surface area contributed by atoms with Crippen LogP contribution in [-0.2, 0) is 16.6 Å². The van der Waals surface area contributed by atoms with Crippen LogP contribution in [0.3, 0.4) is 0 Å². The number of ether oxygens (including phenoxy) is 1. The molecule has 4 heterocycles. The fourth-order valence-corrected chi connectivity index (χ4v) is 6.34. The summed E-state index contributed by atoms with van der Waals surface area (Å²) in [7, 11) is -2.36. The van der Waals surface area contributed by atoms with Crippen LogP contribution in [-0.4, -0.2) is 94.6 Å². The molecule has 0 bridgehead atoms. The molecule has 0 atom stereocenters. The maximum atomic E-state index is 13.6. The number of carbonyl (C=O) groups excluding carboxylic acids is 1. The molecule has 1 saturated heterocycles. The van der Waals surface area contributed by atoms with Crippen LogP contribution in [0.15, 0.2) is 52.4 Å². The fraction of sp³-hybridized carbons (Fsp3) is 0.393. The van der Waals surface area contributed by atoms with Crippen molar-refractivity contribution in [1.82, 2.24) is 39.3 Å². The van der Waals surface area contributed by atoms with E-state index in [0.717, 1.165) is 12.1 Å². The third-order valence-electron chi connectivity index (χ3n) is 7.18. The molecule has 0 saturated carbocycles. The van der Waals surface area contributed by atoms with Crippen LogP contribution in [0, 0.1) is 0 Å². The van der Waals surface area contributed by atoms with E-state index in [9.17, 15) is 18.0 Å². The van der Waals surface area contributed by atoms with Crippen molar-refractivity contribution in [2.45, 2.75) is 31.7 Å². The van der Waals surface area contributed by atoms with Gasteiger partial charge in [0.1, 0.15) is 17.1 Å². The maximum Gasteiger partial charge on any atom is 0.277 e. The molecular weight excluding hydrogens is 560 g/mol. The first-order valence-corrected chi connectivity index (χ1v) is 15.3. The number of benzene rings is 1. The highest BCUT2D eigenvalue weighted by Crippen LogP contribution is 2.32. The summed E-state index contributed by atoms with van der Waals surface area (Å²) in [6.07, 6.45) is 4.00. The van der Waals surface area contributed by atoms with E-state index in [-0.39, 0.29) is 34.0 Å². The molecule has 1 aliphatic heterocycles. The molecule has 0 aliphatic carbocycles. The molecule has 0 spiro atoms. The van der Waals surface area contributed by atoms with E-state index in [0.29, 0.717) is 50.5 Å². The lowest BCUT2D eigenvalue weighted by Gasteiger charge is -2.33. The average molecular weight is 595 g/mol.